The van der Waals surface area contributed by atoms with Gasteiger partial charge < -0.3 is 14.5 Å². The summed E-state index contributed by atoms with van der Waals surface area (Å²) in [5.74, 6) is 0.862. The van der Waals surface area contributed by atoms with Gasteiger partial charge in [0.2, 0.25) is 11.0 Å². The average Bonchev–Trinajstić information content (AvgIpc) is 3.51. The highest BCUT2D eigenvalue weighted by Crippen LogP contribution is 2.28. The predicted octanol–water partition coefficient (Wildman–Crippen LogP) is 2.96. The van der Waals surface area contributed by atoms with Crippen LogP contribution < -0.4 is 10.1 Å². The number of hydrogen-bond donors (Lipinski definition) is 2. The number of amides is 1. The number of hydrogen-bond acceptors (Lipinski definition) is 6. The molecule has 1 fully saturated rings. The van der Waals surface area contributed by atoms with E-state index in [1.165, 1.54) is 10.4 Å². The van der Waals surface area contributed by atoms with Crippen molar-refractivity contribution in [2.75, 3.05) is 20.2 Å². The predicted molar refractivity (Wildman–Crippen MR) is 117 cm³/mol. The van der Waals surface area contributed by atoms with E-state index in [2.05, 4.69) is 15.5 Å². The van der Waals surface area contributed by atoms with Crippen LogP contribution in [0.4, 0.5) is 0 Å². The van der Waals surface area contributed by atoms with Gasteiger partial charge in [-0.2, -0.15) is 9.40 Å². The van der Waals surface area contributed by atoms with Crippen molar-refractivity contribution in [3.63, 3.8) is 0 Å². The maximum absolute atomic E-state index is 13.0. The number of nitrogens with one attached hydrogen (secondary N) is 2. The molecule has 0 aliphatic carbocycles. The smallest absolute Gasteiger partial charge is 0.276 e. The number of aromatic nitrogens is 2. The van der Waals surface area contributed by atoms with Gasteiger partial charge in [-0.1, -0.05) is 12.1 Å². The summed E-state index contributed by atoms with van der Waals surface area (Å²) in [6.45, 7) is 2.45. The number of methoxy groups -OCH3 is 1. The van der Waals surface area contributed by atoms with Crippen LogP contribution in [0.3, 0.4) is 0 Å². The van der Waals surface area contributed by atoms with Crippen LogP contribution in [0.15, 0.2) is 58.2 Å². The molecule has 9 nitrogen and oxygen atoms in total. The van der Waals surface area contributed by atoms with Crippen molar-refractivity contribution in [3.05, 3.63) is 54.2 Å². The number of piperidine rings is 1. The van der Waals surface area contributed by atoms with E-state index in [1.807, 2.05) is 31.2 Å². The van der Waals surface area contributed by atoms with Crippen LogP contribution in [-0.4, -0.2) is 49.0 Å². The largest absolute Gasteiger partial charge is 0.497 e. The second-order valence-electron chi connectivity index (χ2n) is 7.77. The van der Waals surface area contributed by atoms with Gasteiger partial charge in [-0.05, 0) is 55.7 Å². The van der Waals surface area contributed by atoms with E-state index in [9.17, 15) is 13.2 Å². The Balaban J connectivity index is 1.34. The van der Waals surface area contributed by atoms with Crippen molar-refractivity contribution in [1.82, 2.24) is 19.8 Å². The Morgan fingerprint density at radius 3 is 2.53 bits per heavy atom. The molecule has 3 heterocycles. The third-order valence-corrected chi connectivity index (χ3v) is 7.51. The van der Waals surface area contributed by atoms with Crippen molar-refractivity contribution in [2.45, 2.75) is 30.9 Å². The van der Waals surface area contributed by atoms with Gasteiger partial charge in [0, 0.05) is 25.2 Å². The first kappa shape index (κ1) is 22.1. The minimum atomic E-state index is -3.77. The van der Waals surface area contributed by atoms with Crippen molar-refractivity contribution in [2.24, 2.45) is 5.92 Å². The zero-order valence-electron chi connectivity index (χ0n) is 17.9. The molecule has 2 N–H and O–H groups in total. The number of sulfonamides is 1. The first-order valence-electron chi connectivity index (χ1n) is 10.4. The van der Waals surface area contributed by atoms with Gasteiger partial charge in [-0.3, -0.25) is 9.89 Å². The lowest BCUT2D eigenvalue weighted by Gasteiger charge is -2.30. The standard InChI is InChI=1S/C22H26N4O5S/c1-15(16-3-5-18(30-2)6-4-16)24-22(27)17-10-13-26(14-11-17)32(28,29)21-8-7-20(31-21)19-9-12-23-25-19/h3-9,12,15,17H,10-11,13-14H2,1-2H3,(H,23,25)(H,24,27)/t15-/m1/s1. The number of ether oxygens (including phenoxy) is 1. The van der Waals surface area contributed by atoms with Crippen LogP contribution in [-0.2, 0) is 14.8 Å². The summed E-state index contributed by atoms with van der Waals surface area (Å²) in [5, 5.41) is 9.51. The molecule has 0 unspecified atom stereocenters. The van der Waals surface area contributed by atoms with Gasteiger partial charge >= 0.3 is 0 Å². The molecule has 4 rings (SSSR count). The van der Waals surface area contributed by atoms with Crippen LogP contribution in [0.5, 0.6) is 5.75 Å². The van der Waals surface area contributed by atoms with E-state index in [-0.39, 0.29) is 36.0 Å². The number of rotatable bonds is 7. The fourth-order valence-corrected chi connectivity index (χ4v) is 5.17. The SMILES string of the molecule is COc1ccc([C@@H](C)NC(=O)C2CCN(S(=O)(=O)c3ccc(-c4ccn[nH]4)o3)CC2)cc1. The first-order chi connectivity index (χ1) is 15.4. The first-order valence-corrected chi connectivity index (χ1v) is 11.9. The summed E-state index contributed by atoms with van der Waals surface area (Å²) in [6, 6.07) is 12.1. The van der Waals surface area contributed by atoms with Crippen molar-refractivity contribution in [3.8, 4) is 17.2 Å². The second-order valence-corrected chi connectivity index (χ2v) is 9.64. The normalized spacial score (nSPS) is 16.6. The summed E-state index contributed by atoms with van der Waals surface area (Å²) in [5.41, 5.74) is 1.58. The fraction of sp³-hybridized carbons (Fsp3) is 0.364. The highest BCUT2D eigenvalue weighted by molar-refractivity contribution is 7.89. The van der Waals surface area contributed by atoms with Crippen LogP contribution >= 0.6 is 0 Å². The zero-order chi connectivity index (χ0) is 22.7. The number of furan rings is 1. The Hall–Kier alpha value is -3.11. The highest BCUT2D eigenvalue weighted by Gasteiger charge is 2.34. The number of aromatic amines is 1. The summed E-state index contributed by atoms with van der Waals surface area (Å²) < 4.78 is 38.0. The molecule has 0 bridgehead atoms. The molecule has 1 saturated heterocycles. The van der Waals surface area contributed by atoms with E-state index in [0.29, 0.717) is 24.3 Å². The molecule has 1 aliphatic heterocycles. The quantitative estimate of drug-likeness (QED) is 0.562. The van der Waals surface area contributed by atoms with Gasteiger partial charge in [-0.15, -0.1) is 0 Å². The minimum absolute atomic E-state index is 0.0649. The summed E-state index contributed by atoms with van der Waals surface area (Å²) >= 11 is 0. The Morgan fingerprint density at radius 1 is 1.19 bits per heavy atom. The Labute approximate surface area is 186 Å². The monoisotopic (exact) mass is 458 g/mol. The molecule has 170 valence electrons. The van der Waals surface area contributed by atoms with E-state index < -0.39 is 10.0 Å². The van der Waals surface area contributed by atoms with E-state index >= 15 is 0 Å². The fourth-order valence-electron chi connectivity index (χ4n) is 3.79. The van der Waals surface area contributed by atoms with Crippen molar-refractivity contribution >= 4 is 15.9 Å². The summed E-state index contributed by atoms with van der Waals surface area (Å²) in [6.07, 6.45) is 2.47. The van der Waals surface area contributed by atoms with E-state index in [4.69, 9.17) is 9.15 Å². The van der Waals surface area contributed by atoms with Crippen molar-refractivity contribution < 1.29 is 22.4 Å². The topological polar surface area (TPSA) is 118 Å². The Bertz CT molecular complexity index is 1150. The number of nitrogens with zero attached hydrogens (tertiary/aromatic N) is 2. The average molecular weight is 459 g/mol. The summed E-state index contributed by atoms with van der Waals surface area (Å²) in [7, 11) is -2.16. The number of H-pyrrole nitrogens is 1. The molecule has 2 aromatic heterocycles. The molecule has 1 atom stereocenters. The zero-order valence-corrected chi connectivity index (χ0v) is 18.8. The Kier molecular flexibility index (Phi) is 6.33. The molecular weight excluding hydrogens is 432 g/mol. The molecule has 3 aromatic rings. The number of carbonyl (C=O) groups excluding carboxylic acids is 1. The van der Waals surface area contributed by atoms with Crippen LogP contribution in [0, 0.1) is 5.92 Å². The van der Waals surface area contributed by atoms with E-state index in [1.54, 1.807) is 25.4 Å². The lowest BCUT2D eigenvalue weighted by molar-refractivity contribution is -0.126. The molecular formula is C22H26N4O5S. The molecule has 0 saturated carbocycles. The lowest BCUT2D eigenvalue weighted by atomic mass is 9.96. The molecule has 1 amide bonds. The molecule has 1 aromatic carbocycles. The highest BCUT2D eigenvalue weighted by atomic mass is 32.2. The van der Waals surface area contributed by atoms with Crippen LogP contribution in [0.2, 0.25) is 0 Å². The number of carbonyl (C=O) groups is 1. The number of benzene rings is 1. The maximum Gasteiger partial charge on any atom is 0.276 e. The molecule has 0 spiro atoms. The molecule has 10 heteroatoms. The Morgan fingerprint density at radius 2 is 1.91 bits per heavy atom. The molecule has 32 heavy (non-hydrogen) atoms. The summed E-state index contributed by atoms with van der Waals surface area (Å²) in [4.78, 5) is 12.7. The van der Waals surface area contributed by atoms with Gasteiger partial charge in [0.15, 0.2) is 5.76 Å². The van der Waals surface area contributed by atoms with Gasteiger partial charge in [0.05, 0.1) is 13.2 Å². The molecule has 0 radical (unpaired) electrons. The third kappa shape index (κ3) is 4.56. The third-order valence-electron chi connectivity index (χ3n) is 5.74. The molecule has 1 aliphatic rings. The van der Waals surface area contributed by atoms with Crippen LogP contribution in [0.1, 0.15) is 31.4 Å². The second kappa shape index (κ2) is 9.17. The van der Waals surface area contributed by atoms with Gasteiger partial charge in [0.1, 0.15) is 11.4 Å². The van der Waals surface area contributed by atoms with E-state index in [0.717, 1.165) is 11.3 Å². The van der Waals surface area contributed by atoms with Crippen LogP contribution in [0.25, 0.3) is 11.5 Å². The minimum Gasteiger partial charge on any atom is -0.497 e. The van der Waals surface area contributed by atoms with Gasteiger partial charge in [-0.25, -0.2) is 8.42 Å². The lowest BCUT2D eigenvalue weighted by Crippen LogP contribution is -2.43. The van der Waals surface area contributed by atoms with Crippen molar-refractivity contribution in [1.29, 1.82) is 0 Å². The maximum atomic E-state index is 13.0. The van der Waals surface area contributed by atoms with Gasteiger partial charge in [0.25, 0.3) is 10.0 Å².